The van der Waals surface area contributed by atoms with Gasteiger partial charge in [-0.25, -0.2) is 14.6 Å². The van der Waals surface area contributed by atoms with Crippen molar-refractivity contribution in [2.24, 2.45) is 0 Å². The number of nitrogens with one attached hydrogen (secondary N) is 1. The van der Waals surface area contributed by atoms with Gasteiger partial charge in [-0.3, -0.25) is 10.1 Å². The third-order valence-electron chi connectivity index (χ3n) is 3.49. The molecule has 0 aliphatic carbocycles. The summed E-state index contributed by atoms with van der Waals surface area (Å²) >= 11 is 0. The van der Waals surface area contributed by atoms with Gasteiger partial charge in [-0.15, -0.1) is 0 Å². The molecule has 0 unspecified atom stereocenters. The highest BCUT2D eigenvalue weighted by molar-refractivity contribution is 5.91. The molecular formula is C16H9F3N4O4. The van der Waals surface area contributed by atoms with Crippen LogP contribution in [0.5, 0.6) is 0 Å². The number of aromatic carboxylic acids is 2. The van der Waals surface area contributed by atoms with Gasteiger partial charge in [0, 0.05) is 6.20 Å². The van der Waals surface area contributed by atoms with Crippen LogP contribution in [0.4, 0.5) is 13.2 Å². The van der Waals surface area contributed by atoms with Crippen LogP contribution in [0.15, 0.2) is 36.5 Å². The Hall–Kier alpha value is -3.76. The molecule has 0 aliphatic rings. The molecule has 0 saturated heterocycles. The first-order valence-corrected chi connectivity index (χ1v) is 7.23. The van der Waals surface area contributed by atoms with E-state index in [-0.39, 0.29) is 33.9 Å². The Morgan fingerprint density at radius 1 is 0.926 bits per heavy atom. The predicted octanol–water partition coefficient (Wildman–Crippen LogP) is 2.95. The molecule has 0 radical (unpaired) electrons. The summed E-state index contributed by atoms with van der Waals surface area (Å²) < 4.78 is 38.2. The van der Waals surface area contributed by atoms with E-state index in [9.17, 15) is 27.9 Å². The quantitative estimate of drug-likeness (QED) is 0.636. The average molecular weight is 378 g/mol. The Bertz CT molecular complexity index is 1050. The van der Waals surface area contributed by atoms with Gasteiger partial charge in [0.15, 0.2) is 5.69 Å². The second kappa shape index (κ2) is 6.52. The smallest absolute Gasteiger partial charge is 0.435 e. The number of hydrogen-bond acceptors (Lipinski definition) is 5. The van der Waals surface area contributed by atoms with Gasteiger partial charge in [0.25, 0.3) is 0 Å². The maximum atomic E-state index is 12.7. The van der Waals surface area contributed by atoms with Gasteiger partial charge in [0.05, 0.1) is 33.9 Å². The number of nitrogens with zero attached hydrogens (tertiary/aromatic N) is 3. The monoisotopic (exact) mass is 378 g/mol. The molecule has 0 saturated carbocycles. The number of rotatable bonds is 4. The van der Waals surface area contributed by atoms with Crippen LogP contribution < -0.4 is 0 Å². The molecule has 0 atom stereocenters. The number of halogens is 3. The van der Waals surface area contributed by atoms with Crippen LogP contribution in [0.2, 0.25) is 0 Å². The molecule has 3 heterocycles. The fourth-order valence-electron chi connectivity index (χ4n) is 2.23. The van der Waals surface area contributed by atoms with Crippen molar-refractivity contribution in [1.29, 1.82) is 0 Å². The highest BCUT2D eigenvalue weighted by Crippen LogP contribution is 2.31. The number of pyridine rings is 2. The Labute approximate surface area is 148 Å². The van der Waals surface area contributed by atoms with Gasteiger partial charge in [0.1, 0.15) is 0 Å². The van der Waals surface area contributed by atoms with Gasteiger partial charge in [-0.1, -0.05) is 0 Å². The van der Waals surface area contributed by atoms with E-state index in [0.717, 1.165) is 12.1 Å². The molecular weight excluding hydrogens is 369 g/mol. The molecule has 3 N–H and O–H groups in total. The zero-order valence-corrected chi connectivity index (χ0v) is 13.2. The van der Waals surface area contributed by atoms with E-state index < -0.39 is 23.8 Å². The minimum absolute atomic E-state index is 0.0174. The minimum atomic E-state index is -4.68. The molecule has 0 aromatic carbocycles. The molecule has 3 rings (SSSR count). The summed E-state index contributed by atoms with van der Waals surface area (Å²) in [5.74, 6) is -2.57. The average Bonchev–Trinajstić information content (AvgIpc) is 3.12. The summed E-state index contributed by atoms with van der Waals surface area (Å²) in [4.78, 5) is 30.5. The number of hydrogen-bond donors (Lipinski definition) is 3. The summed E-state index contributed by atoms with van der Waals surface area (Å²) in [6.07, 6.45) is -3.48. The number of carboxylic acid groups (broad SMARTS) is 2. The zero-order valence-electron chi connectivity index (χ0n) is 13.2. The van der Waals surface area contributed by atoms with Gasteiger partial charge >= 0.3 is 18.1 Å². The number of alkyl halides is 3. The Balaban J connectivity index is 2.14. The van der Waals surface area contributed by atoms with Crippen molar-refractivity contribution in [3.63, 3.8) is 0 Å². The first-order chi connectivity index (χ1) is 12.6. The maximum absolute atomic E-state index is 12.7. The van der Waals surface area contributed by atoms with Crippen LogP contribution in [0.1, 0.15) is 26.4 Å². The molecule has 8 nitrogen and oxygen atoms in total. The third-order valence-corrected chi connectivity index (χ3v) is 3.49. The van der Waals surface area contributed by atoms with E-state index in [4.69, 9.17) is 5.11 Å². The van der Waals surface area contributed by atoms with E-state index in [1.165, 1.54) is 18.3 Å². The molecule has 0 bridgehead atoms. The normalized spacial score (nSPS) is 11.4. The Morgan fingerprint density at radius 3 is 2.15 bits per heavy atom. The summed E-state index contributed by atoms with van der Waals surface area (Å²) in [7, 11) is 0. The van der Waals surface area contributed by atoms with Crippen molar-refractivity contribution >= 4 is 11.9 Å². The van der Waals surface area contributed by atoms with Crippen molar-refractivity contribution in [2.45, 2.75) is 6.18 Å². The molecule has 0 fully saturated rings. The maximum Gasteiger partial charge on any atom is 0.435 e. The number of aromatic nitrogens is 4. The highest BCUT2D eigenvalue weighted by Gasteiger charge is 2.34. The van der Waals surface area contributed by atoms with Crippen LogP contribution in [0.25, 0.3) is 22.8 Å². The third kappa shape index (κ3) is 3.76. The predicted molar refractivity (Wildman–Crippen MR) is 84.0 cm³/mol. The van der Waals surface area contributed by atoms with Gasteiger partial charge in [-0.2, -0.15) is 18.3 Å². The molecule has 138 valence electrons. The van der Waals surface area contributed by atoms with Gasteiger partial charge < -0.3 is 10.2 Å². The van der Waals surface area contributed by atoms with Crippen molar-refractivity contribution < 1.29 is 33.0 Å². The lowest BCUT2D eigenvalue weighted by Gasteiger charge is -2.06. The number of H-pyrrole nitrogens is 1. The summed E-state index contributed by atoms with van der Waals surface area (Å²) in [6, 6.07) is 5.31. The second-order valence-electron chi connectivity index (χ2n) is 5.33. The fraction of sp³-hybridized carbons (Fsp3) is 0.0625. The van der Waals surface area contributed by atoms with E-state index in [1.807, 2.05) is 0 Å². The molecule has 27 heavy (non-hydrogen) atoms. The van der Waals surface area contributed by atoms with Crippen molar-refractivity contribution in [1.82, 2.24) is 20.2 Å². The topological polar surface area (TPSA) is 129 Å². The van der Waals surface area contributed by atoms with Crippen LogP contribution in [0.3, 0.4) is 0 Å². The van der Waals surface area contributed by atoms with Gasteiger partial charge in [0.2, 0.25) is 0 Å². The van der Waals surface area contributed by atoms with E-state index in [1.54, 1.807) is 0 Å². The first kappa shape index (κ1) is 18.0. The number of carboxylic acids is 2. The van der Waals surface area contributed by atoms with E-state index >= 15 is 0 Å². The summed E-state index contributed by atoms with van der Waals surface area (Å²) in [6.45, 7) is 0. The molecule has 11 heteroatoms. The molecule has 0 spiro atoms. The molecule has 0 amide bonds. The van der Waals surface area contributed by atoms with Crippen molar-refractivity contribution in [2.75, 3.05) is 0 Å². The standard InChI is InChI=1S/C16H9F3N4O4/c17-16(18,19)13-6-12(22-23-13)11-5-8(15(26)27)4-10(21-11)9-3-7(14(24)25)1-2-20-9/h1-6H,(H,22,23)(H,24,25)(H,26,27). The van der Waals surface area contributed by atoms with Crippen molar-refractivity contribution in [3.8, 4) is 22.8 Å². The Morgan fingerprint density at radius 2 is 1.56 bits per heavy atom. The highest BCUT2D eigenvalue weighted by atomic mass is 19.4. The number of aromatic amines is 1. The fourth-order valence-corrected chi connectivity index (χ4v) is 2.23. The van der Waals surface area contributed by atoms with Crippen LogP contribution in [-0.4, -0.2) is 42.3 Å². The van der Waals surface area contributed by atoms with E-state index in [0.29, 0.717) is 6.07 Å². The van der Waals surface area contributed by atoms with Crippen LogP contribution >= 0.6 is 0 Å². The Kier molecular flexibility index (Phi) is 4.35. The molecule has 0 aliphatic heterocycles. The van der Waals surface area contributed by atoms with Gasteiger partial charge in [-0.05, 0) is 30.3 Å². The second-order valence-corrected chi connectivity index (χ2v) is 5.33. The van der Waals surface area contributed by atoms with Crippen molar-refractivity contribution in [3.05, 3.63) is 53.3 Å². The first-order valence-electron chi connectivity index (χ1n) is 7.23. The zero-order chi connectivity index (χ0) is 19.8. The molecule has 3 aromatic heterocycles. The van der Waals surface area contributed by atoms with E-state index in [2.05, 4.69) is 20.2 Å². The largest absolute Gasteiger partial charge is 0.478 e. The van der Waals surface area contributed by atoms with Crippen LogP contribution in [0, 0.1) is 0 Å². The lowest BCUT2D eigenvalue weighted by Crippen LogP contribution is -2.04. The lowest BCUT2D eigenvalue weighted by molar-refractivity contribution is -0.141. The SMILES string of the molecule is O=C(O)c1ccnc(-c2cc(C(=O)O)cc(-c3cc(C(F)(F)F)n[nH]3)n2)c1. The lowest BCUT2D eigenvalue weighted by atomic mass is 10.1. The summed E-state index contributed by atoms with van der Waals surface area (Å²) in [5, 5.41) is 23.6. The van der Waals surface area contributed by atoms with Crippen LogP contribution in [-0.2, 0) is 6.18 Å². The minimum Gasteiger partial charge on any atom is -0.478 e. The number of carbonyl (C=O) groups is 2. The molecule has 3 aromatic rings. The summed E-state index contributed by atoms with van der Waals surface area (Å²) in [5.41, 5.74) is -1.79.